The molecule has 0 aliphatic heterocycles. The largest absolute Gasteiger partial charge is 0.395 e. The Morgan fingerprint density at radius 2 is 2.18 bits per heavy atom. The molecule has 0 bridgehead atoms. The maximum Gasteiger partial charge on any atom is 0.0610 e. The molecule has 2 aromatic rings. The number of aliphatic hydroxyl groups excluding tert-OH is 1. The second kappa shape index (κ2) is 5.34. The van der Waals surface area contributed by atoms with Crippen molar-refractivity contribution in [3.05, 3.63) is 35.5 Å². The molecular weight excluding hydrogens is 212 g/mol. The summed E-state index contributed by atoms with van der Waals surface area (Å²) in [4.78, 5) is 0. The van der Waals surface area contributed by atoms with Gasteiger partial charge in [-0.05, 0) is 44.0 Å². The van der Waals surface area contributed by atoms with Gasteiger partial charge in [-0.3, -0.25) is 0 Å². The van der Waals surface area contributed by atoms with Crippen LogP contribution in [0.3, 0.4) is 0 Å². The summed E-state index contributed by atoms with van der Waals surface area (Å²) in [6.07, 6.45) is 4.16. The van der Waals surface area contributed by atoms with Crippen LogP contribution in [0.25, 0.3) is 10.9 Å². The fourth-order valence-corrected chi connectivity index (χ4v) is 2.27. The number of fused-ring (bicyclic) bond motifs is 1. The van der Waals surface area contributed by atoms with Gasteiger partial charge in [0.25, 0.3) is 0 Å². The van der Waals surface area contributed by atoms with E-state index in [2.05, 4.69) is 35.9 Å². The smallest absolute Gasteiger partial charge is 0.0610 e. The summed E-state index contributed by atoms with van der Waals surface area (Å²) in [6.45, 7) is 3.66. The molecule has 3 nitrogen and oxygen atoms in total. The molecule has 0 saturated carbocycles. The summed E-state index contributed by atoms with van der Waals surface area (Å²) in [5.74, 6) is 0. The maximum atomic E-state index is 9.08. The van der Waals surface area contributed by atoms with Crippen molar-refractivity contribution in [2.45, 2.75) is 26.3 Å². The minimum absolute atomic E-state index is 0.175. The first kappa shape index (κ1) is 12.1. The zero-order valence-electron chi connectivity index (χ0n) is 10.3. The molecule has 0 saturated heterocycles. The van der Waals surface area contributed by atoms with E-state index in [9.17, 15) is 0 Å². The van der Waals surface area contributed by atoms with Crippen LogP contribution < -0.4 is 5.73 Å². The number of nitrogens with two attached hydrogens (primary N) is 1. The normalized spacial score (nSPS) is 11.2. The molecule has 1 aromatic carbocycles. The van der Waals surface area contributed by atoms with Crippen molar-refractivity contribution in [3.8, 4) is 0 Å². The van der Waals surface area contributed by atoms with Gasteiger partial charge in [-0.1, -0.05) is 11.6 Å². The van der Waals surface area contributed by atoms with E-state index in [0.717, 1.165) is 19.4 Å². The fraction of sp³-hybridized carbons (Fsp3) is 0.429. The van der Waals surface area contributed by atoms with E-state index >= 15 is 0 Å². The van der Waals surface area contributed by atoms with Crippen LogP contribution in [-0.2, 0) is 13.0 Å². The first-order valence-corrected chi connectivity index (χ1v) is 6.15. The van der Waals surface area contributed by atoms with Crippen LogP contribution in [0.15, 0.2) is 24.4 Å². The molecule has 1 aromatic heterocycles. The molecule has 0 spiro atoms. The third kappa shape index (κ3) is 2.51. The topological polar surface area (TPSA) is 51.2 Å². The zero-order valence-corrected chi connectivity index (χ0v) is 10.3. The predicted molar refractivity (Wildman–Crippen MR) is 71.1 cm³/mol. The Bertz CT molecular complexity index is 502. The molecule has 0 unspecified atom stereocenters. The third-order valence-corrected chi connectivity index (χ3v) is 3.11. The number of aromatic nitrogens is 1. The SMILES string of the molecule is Cc1ccc2c(c1)c(CCCN)cn2CCO. The zero-order chi connectivity index (χ0) is 12.3. The van der Waals surface area contributed by atoms with Gasteiger partial charge in [-0.25, -0.2) is 0 Å². The average Bonchev–Trinajstić information content (AvgIpc) is 2.65. The van der Waals surface area contributed by atoms with Crippen molar-refractivity contribution >= 4 is 10.9 Å². The molecule has 1 heterocycles. The van der Waals surface area contributed by atoms with Gasteiger partial charge >= 0.3 is 0 Å². The van der Waals surface area contributed by atoms with Gasteiger partial charge in [0.1, 0.15) is 0 Å². The lowest BCUT2D eigenvalue weighted by molar-refractivity contribution is 0.278. The number of nitrogens with zero attached hydrogens (tertiary/aromatic N) is 1. The summed E-state index contributed by atoms with van der Waals surface area (Å²) in [5, 5.41) is 10.4. The summed E-state index contributed by atoms with van der Waals surface area (Å²) in [5.41, 5.74) is 9.38. The van der Waals surface area contributed by atoms with Gasteiger partial charge in [0, 0.05) is 23.6 Å². The van der Waals surface area contributed by atoms with E-state index in [0.29, 0.717) is 6.54 Å². The van der Waals surface area contributed by atoms with Crippen molar-refractivity contribution in [2.24, 2.45) is 5.73 Å². The van der Waals surface area contributed by atoms with Gasteiger partial charge in [0.2, 0.25) is 0 Å². The highest BCUT2D eigenvalue weighted by molar-refractivity contribution is 5.84. The van der Waals surface area contributed by atoms with E-state index in [-0.39, 0.29) is 6.61 Å². The number of aryl methyl sites for hydroxylation is 2. The molecule has 0 aliphatic rings. The number of rotatable bonds is 5. The molecule has 3 N–H and O–H groups in total. The Morgan fingerprint density at radius 1 is 1.35 bits per heavy atom. The van der Waals surface area contributed by atoms with E-state index in [1.807, 2.05) is 0 Å². The van der Waals surface area contributed by atoms with Crippen LogP contribution in [0.1, 0.15) is 17.5 Å². The van der Waals surface area contributed by atoms with Gasteiger partial charge in [0.05, 0.1) is 6.61 Å². The van der Waals surface area contributed by atoms with Crippen molar-refractivity contribution < 1.29 is 5.11 Å². The van der Waals surface area contributed by atoms with Crippen molar-refractivity contribution in [1.29, 1.82) is 0 Å². The van der Waals surface area contributed by atoms with Crippen LogP contribution in [0.5, 0.6) is 0 Å². The predicted octanol–water partition coefficient (Wildman–Crippen LogP) is 1.83. The lowest BCUT2D eigenvalue weighted by Gasteiger charge is -2.02. The van der Waals surface area contributed by atoms with E-state index < -0.39 is 0 Å². The Labute approximate surface area is 102 Å². The van der Waals surface area contributed by atoms with Crippen LogP contribution in [0.4, 0.5) is 0 Å². The number of aliphatic hydroxyl groups is 1. The minimum Gasteiger partial charge on any atom is -0.395 e. The van der Waals surface area contributed by atoms with Crippen LogP contribution in [0, 0.1) is 6.92 Å². The maximum absolute atomic E-state index is 9.08. The van der Waals surface area contributed by atoms with Gasteiger partial charge in [-0.2, -0.15) is 0 Å². The van der Waals surface area contributed by atoms with Crippen LogP contribution in [0.2, 0.25) is 0 Å². The number of benzene rings is 1. The molecule has 0 atom stereocenters. The minimum atomic E-state index is 0.175. The lowest BCUT2D eigenvalue weighted by atomic mass is 10.1. The molecule has 3 heteroatoms. The highest BCUT2D eigenvalue weighted by atomic mass is 16.3. The Kier molecular flexibility index (Phi) is 3.82. The number of hydrogen-bond donors (Lipinski definition) is 2. The highest BCUT2D eigenvalue weighted by Gasteiger charge is 2.07. The van der Waals surface area contributed by atoms with E-state index in [4.69, 9.17) is 10.8 Å². The van der Waals surface area contributed by atoms with Crippen LogP contribution >= 0.6 is 0 Å². The summed E-state index contributed by atoms with van der Waals surface area (Å²) in [7, 11) is 0. The van der Waals surface area contributed by atoms with Crippen molar-refractivity contribution in [1.82, 2.24) is 4.57 Å². The molecular formula is C14H20N2O. The summed E-state index contributed by atoms with van der Waals surface area (Å²) >= 11 is 0. The quantitative estimate of drug-likeness (QED) is 0.826. The van der Waals surface area contributed by atoms with Crippen molar-refractivity contribution in [2.75, 3.05) is 13.2 Å². The Morgan fingerprint density at radius 3 is 2.88 bits per heavy atom. The first-order chi connectivity index (χ1) is 8.26. The molecule has 0 aliphatic carbocycles. The lowest BCUT2D eigenvalue weighted by Crippen LogP contribution is -2.01. The molecule has 2 rings (SSSR count). The summed E-state index contributed by atoms with van der Waals surface area (Å²) in [6, 6.07) is 6.46. The third-order valence-electron chi connectivity index (χ3n) is 3.11. The Balaban J connectivity index is 2.46. The standard InChI is InChI=1S/C14H20N2O/c1-11-4-5-14-13(9-11)12(3-2-6-15)10-16(14)7-8-17/h4-5,9-10,17H,2-3,6-8,15H2,1H3. The van der Waals surface area contributed by atoms with E-state index in [1.165, 1.54) is 22.0 Å². The van der Waals surface area contributed by atoms with Crippen molar-refractivity contribution in [3.63, 3.8) is 0 Å². The fourth-order valence-electron chi connectivity index (χ4n) is 2.27. The molecule has 0 amide bonds. The average molecular weight is 232 g/mol. The van der Waals surface area contributed by atoms with Gasteiger partial charge in [0.15, 0.2) is 0 Å². The van der Waals surface area contributed by atoms with E-state index in [1.54, 1.807) is 0 Å². The molecule has 17 heavy (non-hydrogen) atoms. The van der Waals surface area contributed by atoms with Gasteiger partial charge < -0.3 is 15.4 Å². The Hall–Kier alpha value is -1.32. The first-order valence-electron chi connectivity index (χ1n) is 6.15. The molecule has 0 fully saturated rings. The second-order valence-electron chi connectivity index (χ2n) is 4.48. The van der Waals surface area contributed by atoms with Gasteiger partial charge in [-0.15, -0.1) is 0 Å². The second-order valence-corrected chi connectivity index (χ2v) is 4.48. The summed E-state index contributed by atoms with van der Waals surface area (Å²) < 4.78 is 2.13. The highest BCUT2D eigenvalue weighted by Crippen LogP contribution is 2.23. The molecule has 92 valence electrons. The van der Waals surface area contributed by atoms with Crippen LogP contribution in [-0.4, -0.2) is 22.8 Å². The number of hydrogen-bond acceptors (Lipinski definition) is 2. The molecule has 0 radical (unpaired) electrons. The monoisotopic (exact) mass is 232 g/mol.